The van der Waals surface area contributed by atoms with Gasteiger partial charge in [0.05, 0.1) is 6.20 Å². The number of hydrogen-bond donors (Lipinski definition) is 2. The number of ether oxygens (including phenoxy) is 1. The van der Waals surface area contributed by atoms with Crippen molar-refractivity contribution in [1.82, 2.24) is 15.6 Å². The third-order valence-corrected chi connectivity index (χ3v) is 2.05. The predicted molar refractivity (Wildman–Crippen MR) is 61.4 cm³/mol. The van der Waals surface area contributed by atoms with Crippen LogP contribution < -0.4 is 15.4 Å². The zero-order chi connectivity index (χ0) is 11.8. The molecule has 0 aromatic carbocycles. The van der Waals surface area contributed by atoms with Crippen LogP contribution in [-0.4, -0.2) is 37.6 Å². The van der Waals surface area contributed by atoms with Gasteiger partial charge in [-0.15, -0.1) is 0 Å². The van der Waals surface area contributed by atoms with Crippen LogP contribution in [0.5, 0.6) is 5.75 Å². The molecule has 1 fully saturated rings. The third-order valence-electron chi connectivity index (χ3n) is 2.05. The smallest absolute Gasteiger partial charge is 0.206 e. The Morgan fingerprint density at radius 3 is 2.62 bits per heavy atom. The maximum absolute atomic E-state index is 9.06. The van der Waals surface area contributed by atoms with Crippen LogP contribution in [0.25, 0.3) is 0 Å². The number of nitrogens with zero attached hydrogens (tertiary/aromatic N) is 1. The van der Waals surface area contributed by atoms with Gasteiger partial charge in [0.1, 0.15) is 11.9 Å². The number of hydrogen-bond acceptors (Lipinski definition) is 4. The van der Waals surface area contributed by atoms with Crippen LogP contribution in [0.2, 0.25) is 0 Å². The Kier molecular flexibility index (Phi) is 5.28. The van der Waals surface area contributed by atoms with E-state index >= 15 is 0 Å². The number of aromatic nitrogens is 1. The van der Waals surface area contributed by atoms with Crippen molar-refractivity contribution in [3.8, 4) is 5.75 Å². The summed E-state index contributed by atoms with van der Waals surface area (Å²) >= 11 is 0. The molecule has 0 bridgehead atoms. The maximum atomic E-state index is 9.06. The first-order chi connectivity index (χ1) is 7.76. The lowest BCUT2D eigenvalue weighted by Crippen LogP contribution is -2.50. The summed E-state index contributed by atoms with van der Waals surface area (Å²) in [4.78, 5) is 13.2. The van der Waals surface area contributed by atoms with Crippen LogP contribution in [-0.2, 0) is 4.79 Å². The van der Waals surface area contributed by atoms with Gasteiger partial charge in [0.25, 0.3) is 0 Å². The number of nitrogens with one attached hydrogen (secondary N) is 2. The Morgan fingerprint density at radius 1 is 1.56 bits per heavy atom. The van der Waals surface area contributed by atoms with Crippen molar-refractivity contribution in [2.45, 2.75) is 13.0 Å². The second-order valence-corrected chi connectivity index (χ2v) is 3.44. The lowest BCUT2D eigenvalue weighted by molar-refractivity contribution is -0.109. The Labute approximate surface area is 95.2 Å². The zero-order valence-electron chi connectivity index (χ0n) is 9.56. The van der Waals surface area contributed by atoms with E-state index < -0.39 is 0 Å². The topological polar surface area (TPSA) is 63.2 Å². The number of carbonyl (C=O) groups excluding carboxylic acids is 1. The highest BCUT2D eigenvalue weighted by atomic mass is 16.5. The van der Waals surface area contributed by atoms with Crippen LogP contribution in [0.1, 0.15) is 5.69 Å². The van der Waals surface area contributed by atoms with Crippen LogP contribution in [0, 0.1) is 6.92 Å². The molecule has 2 N–H and O–H groups in total. The summed E-state index contributed by atoms with van der Waals surface area (Å²) in [6, 6.07) is 3.92. The van der Waals surface area contributed by atoms with Gasteiger partial charge in [-0.1, -0.05) is 0 Å². The highest BCUT2D eigenvalue weighted by Crippen LogP contribution is 2.12. The van der Waals surface area contributed by atoms with Crippen LogP contribution in [0.3, 0.4) is 0 Å². The highest BCUT2D eigenvalue weighted by Gasteiger charge is 2.17. The Balaban J connectivity index is 0.000000280. The molecule has 0 saturated carbocycles. The minimum Gasteiger partial charge on any atom is -0.486 e. The van der Waals surface area contributed by atoms with E-state index in [1.165, 1.54) is 0 Å². The van der Waals surface area contributed by atoms with Crippen molar-refractivity contribution in [2.75, 3.05) is 20.1 Å². The molecule has 16 heavy (non-hydrogen) atoms. The molecule has 1 amide bonds. The SMILES string of the molecule is CNC=O.Cc1ccc(OC2CNC2)cn1. The molecule has 5 nitrogen and oxygen atoms in total. The van der Waals surface area contributed by atoms with E-state index in [2.05, 4.69) is 15.6 Å². The Morgan fingerprint density at radius 2 is 2.25 bits per heavy atom. The van der Waals surface area contributed by atoms with E-state index in [1.807, 2.05) is 19.1 Å². The van der Waals surface area contributed by atoms with Gasteiger partial charge in [-0.05, 0) is 19.1 Å². The molecule has 0 atom stereocenters. The molecular weight excluding hydrogens is 206 g/mol. The fraction of sp³-hybridized carbons (Fsp3) is 0.455. The number of carbonyl (C=O) groups is 1. The lowest BCUT2D eigenvalue weighted by Gasteiger charge is -2.27. The number of rotatable bonds is 3. The zero-order valence-corrected chi connectivity index (χ0v) is 9.56. The van der Waals surface area contributed by atoms with Crippen LogP contribution in [0.15, 0.2) is 18.3 Å². The van der Waals surface area contributed by atoms with Crippen LogP contribution >= 0.6 is 0 Å². The minimum absolute atomic E-state index is 0.342. The number of aryl methyl sites for hydroxylation is 1. The first-order valence-electron chi connectivity index (χ1n) is 5.17. The van der Waals surface area contributed by atoms with E-state index in [0.29, 0.717) is 12.5 Å². The van der Waals surface area contributed by atoms with E-state index in [9.17, 15) is 0 Å². The summed E-state index contributed by atoms with van der Waals surface area (Å²) in [5, 5.41) is 5.40. The molecule has 0 spiro atoms. The number of amides is 1. The molecule has 2 heterocycles. The molecule has 1 aromatic rings. The van der Waals surface area contributed by atoms with Crippen LogP contribution in [0.4, 0.5) is 0 Å². The summed E-state index contributed by atoms with van der Waals surface area (Å²) < 4.78 is 5.58. The van der Waals surface area contributed by atoms with Gasteiger partial charge in [-0.3, -0.25) is 9.78 Å². The summed E-state index contributed by atoms with van der Waals surface area (Å²) in [7, 11) is 1.56. The average Bonchev–Trinajstić information content (AvgIpc) is 2.26. The normalized spacial score (nSPS) is 14.1. The van der Waals surface area contributed by atoms with Crippen molar-refractivity contribution in [1.29, 1.82) is 0 Å². The van der Waals surface area contributed by atoms with Gasteiger partial charge >= 0.3 is 0 Å². The van der Waals surface area contributed by atoms with Crippen molar-refractivity contribution < 1.29 is 9.53 Å². The fourth-order valence-electron chi connectivity index (χ4n) is 1.06. The van der Waals surface area contributed by atoms with Gasteiger partial charge in [0.2, 0.25) is 6.41 Å². The Hall–Kier alpha value is -1.62. The molecule has 0 radical (unpaired) electrons. The monoisotopic (exact) mass is 223 g/mol. The summed E-state index contributed by atoms with van der Waals surface area (Å²) in [6.07, 6.45) is 2.74. The first-order valence-corrected chi connectivity index (χ1v) is 5.17. The second-order valence-electron chi connectivity index (χ2n) is 3.44. The molecule has 1 aliphatic heterocycles. The molecule has 1 saturated heterocycles. The third kappa shape index (κ3) is 4.27. The van der Waals surface area contributed by atoms with Gasteiger partial charge < -0.3 is 15.4 Å². The summed E-state index contributed by atoms with van der Waals surface area (Å²) in [5.41, 5.74) is 1.02. The standard InChI is InChI=1S/C9H12N2O.C2H5NO/c1-7-2-3-8(6-11-7)12-9-4-10-5-9;1-3-2-4/h2-3,6,9-10H,4-5H2,1H3;2H,1H3,(H,3,4). The second kappa shape index (κ2) is 6.79. The molecule has 1 aliphatic rings. The molecular formula is C11H17N3O2. The largest absolute Gasteiger partial charge is 0.486 e. The van der Waals surface area contributed by atoms with Crippen molar-refractivity contribution in [3.05, 3.63) is 24.0 Å². The number of pyridine rings is 1. The summed E-state index contributed by atoms with van der Waals surface area (Å²) in [5.74, 6) is 0.868. The van der Waals surface area contributed by atoms with Crippen molar-refractivity contribution in [3.63, 3.8) is 0 Å². The molecule has 5 heteroatoms. The molecule has 0 unspecified atom stereocenters. The molecule has 2 rings (SSSR count). The van der Waals surface area contributed by atoms with Gasteiger partial charge in [0.15, 0.2) is 0 Å². The van der Waals surface area contributed by atoms with E-state index in [0.717, 1.165) is 24.5 Å². The fourth-order valence-corrected chi connectivity index (χ4v) is 1.06. The summed E-state index contributed by atoms with van der Waals surface area (Å²) in [6.45, 7) is 3.87. The Bertz CT molecular complexity index is 310. The molecule has 1 aromatic heterocycles. The minimum atomic E-state index is 0.342. The first kappa shape index (κ1) is 12.4. The predicted octanol–water partition coefficient (Wildman–Crippen LogP) is 0.103. The maximum Gasteiger partial charge on any atom is 0.206 e. The van der Waals surface area contributed by atoms with Gasteiger partial charge in [-0.25, -0.2) is 0 Å². The highest BCUT2D eigenvalue weighted by molar-refractivity contribution is 5.44. The van der Waals surface area contributed by atoms with Crippen molar-refractivity contribution >= 4 is 6.41 Å². The molecule has 88 valence electrons. The van der Waals surface area contributed by atoms with Crippen molar-refractivity contribution in [2.24, 2.45) is 0 Å². The molecule has 0 aliphatic carbocycles. The van der Waals surface area contributed by atoms with E-state index in [-0.39, 0.29) is 0 Å². The lowest BCUT2D eigenvalue weighted by atomic mass is 10.2. The quantitative estimate of drug-likeness (QED) is 0.714. The average molecular weight is 223 g/mol. The van der Waals surface area contributed by atoms with Gasteiger partial charge in [0, 0.05) is 25.8 Å². The van der Waals surface area contributed by atoms with E-state index in [1.54, 1.807) is 13.2 Å². The van der Waals surface area contributed by atoms with E-state index in [4.69, 9.17) is 9.53 Å². The van der Waals surface area contributed by atoms with Gasteiger partial charge in [-0.2, -0.15) is 0 Å².